The molecule has 2 aliphatic rings. The maximum atomic E-state index is 10.8. The first kappa shape index (κ1) is 24.4. The van der Waals surface area contributed by atoms with Gasteiger partial charge in [-0.05, 0) is 51.4 Å². The molecule has 0 heterocycles. The minimum Gasteiger partial charge on any atom is -0.469 e. The van der Waals surface area contributed by atoms with Gasteiger partial charge < -0.3 is 20.9 Å². The fraction of sp³-hybridized carbons (Fsp3) is 0.333. The maximum absolute atomic E-state index is 10.8. The maximum Gasteiger partial charge on any atom is 2.00 e. The number of esters is 2. The van der Waals surface area contributed by atoms with Gasteiger partial charge in [0.05, 0.1) is 27.1 Å². The van der Waals surface area contributed by atoms with E-state index in [1.165, 1.54) is 14.2 Å². The standard InChI is InChI=1S/2C9H12NO2.Fe/c2*1-12-9(11)6-8(10)7-4-2-3-5-7;/h2*2-5,8H,6,10H2,1H3;/q;;+2/t2*8-;/m11./s1. The van der Waals surface area contributed by atoms with Gasteiger partial charge in [0.15, 0.2) is 0 Å². The summed E-state index contributed by atoms with van der Waals surface area (Å²) in [7, 11) is 2.72. The third-order valence-electron chi connectivity index (χ3n) is 3.46. The van der Waals surface area contributed by atoms with Crippen molar-refractivity contribution in [3.63, 3.8) is 0 Å². The molecule has 0 aliphatic heterocycles. The van der Waals surface area contributed by atoms with Crippen molar-refractivity contribution in [1.82, 2.24) is 0 Å². The van der Waals surface area contributed by atoms with Gasteiger partial charge in [-0.1, -0.05) is 0 Å². The fourth-order valence-corrected chi connectivity index (χ4v) is 2.03. The number of ether oxygens (including phenoxy) is 2. The van der Waals surface area contributed by atoms with E-state index >= 15 is 0 Å². The van der Waals surface area contributed by atoms with Gasteiger partial charge in [0, 0.05) is 23.9 Å². The van der Waals surface area contributed by atoms with Gasteiger partial charge in [0.25, 0.3) is 0 Å². The smallest absolute Gasteiger partial charge is 0.469 e. The van der Waals surface area contributed by atoms with Crippen LogP contribution in [0.1, 0.15) is 12.8 Å². The predicted molar refractivity (Wildman–Crippen MR) is 90.1 cm³/mol. The van der Waals surface area contributed by atoms with Crippen LogP contribution < -0.4 is 11.5 Å². The van der Waals surface area contributed by atoms with Crippen LogP contribution in [-0.2, 0) is 36.1 Å². The Morgan fingerprint density at radius 1 is 0.800 bits per heavy atom. The van der Waals surface area contributed by atoms with Gasteiger partial charge in [-0.2, -0.15) is 0 Å². The van der Waals surface area contributed by atoms with Crippen molar-refractivity contribution < 1.29 is 36.1 Å². The van der Waals surface area contributed by atoms with Crippen LogP contribution in [0.15, 0.2) is 0 Å². The molecule has 2 saturated carbocycles. The third-order valence-corrected chi connectivity index (χ3v) is 3.46. The Bertz CT molecular complexity index is 347. The quantitative estimate of drug-likeness (QED) is 0.509. The third kappa shape index (κ3) is 9.59. The Kier molecular flexibility index (Phi) is 13.2. The molecule has 0 spiro atoms. The molecular weight excluding hydrogens is 364 g/mol. The van der Waals surface area contributed by atoms with Crippen LogP contribution in [0, 0.1) is 63.2 Å². The van der Waals surface area contributed by atoms with Crippen LogP contribution in [-0.4, -0.2) is 38.2 Å². The van der Waals surface area contributed by atoms with E-state index in [1.807, 2.05) is 51.4 Å². The van der Waals surface area contributed by atoms with Crippen LogP contribution in [0.3, 0.4) is 0 Å². The van der Waals surface area contributed by atoms with E-state index in [1.54, 1.807) is 0 Å². The first-order valence-electron chi connectivity index (χ1n) is 7.56. The molecule has 2 fully saturated rings. The molecule has 4 N–H and O–H groups in total. The molecule has 7 heteroatoms. The van der Waals surface area contributed by atoms with E-state index in [2.05, 4.69) is 9.47 Å². The number of rotatable bonds is 6. The molecule has 10 radical (unpaired) electrons. The summed E-state index contributed by atoms with van der Waals surface area (Å²) in [5, 5.41) is 0. The summed E-state index contributed by atoms with van der Waals surface area (Å²) in [4.78, 5) is 21.6. The number of methoxy groups -OCH3 is 2. The van der Waals surface area contributed by atoms with E-state index < -0.39 is 0 Å². The van der Waals surface area contributed by atoms with E-state index in [0.29, 0.717) is 0 Å². The van der Waals surface area contributed by atoms with Crippen LogP contribution in [0.5, 0.6) is 0 Å². The van der Waals surface area contributed by atoms with Gasteiger partial charge >= 0.3 is 29.0 Å². The zero-order chi connectivity index (χ0) is 17.9. The molecule has 0 bridgehead atoms. The molecule has 0 aromatic heterocycles. The van der Waals surface area contributed by atoms with E-state index in [4.69, 9.17) is 11.5 Å². The van der Waals surface area contributed by atoms with E-state index in [0.717, 1.165) is 11.8 Å². The van der Waals surface area contributed by atoms with Crippen LogP contribution in [0.2, 0.25) is 0 Å². The molecule has 0 saturated heterocycles. The van der Waals surface area contributed by atoms with Gasteiger partial charge in [-0.3, -0.25) is 9.59 Å². The number of carbonyl (C=O) groups is 2. The van der Waals surface area contributed by atoms with E-state index in [-0.39, 0.29) is 53.9 Å². The SMILES string of the molecule is COC(=O)C[C@@H](N)[C]1[CH][CH][CH][CH]1.COC(=O)C[C@@H](N)[C]1[CH][CH][CH][CH]1.[Fe+2]. The molecule has 2 rings (SSSR count). The van der Waals surface area contributed by atoms with Crippen LogP contribution in [0.4, 0.5) is 0 Å². The molecule has 0 aromatic rings. The average molecular weight is 388 g/mol. The Hall–Kier alpha value is -0.621. The molecule has 0 aromatic carbocycles. The van der Waals surface area contributed by atoms with Gasteiger partial charge in [0.2, 0.25) is 0 Å². The first-order chi connectivity index (χ1) is 11.5. The number of nitrogens with two attached hydrogens (primary N) is 2. The molecule has 6 nitrogen and oxygen atoms in total. The van der Waals surface area contributed by atoms with Gasteiger partial charge in [-0.15, -0.1) is 0 Å². The zero-order valence-electron chi connectivity index (χ0n) is 14.3. The largest absolute Gasteiger partial charge is 2.00 e. The Balaban J connectivity index is 0.000000443. The molecule has 0 amide bonds. The topological polar surface area (TPSA) is 105 Å². The summed E-state index contributed by atoms with van der Waals surface area (Å²) >= 11 is 0. The van der Waals surface area contributed by atoms with Gasteiger partial charge in [0.1, 0.15) is 0 Å². The van der Waals surface area contributed by atoms with Gasteiger partial charge in [-0.25, -0.2) is 0 Å². The molecule has 0 unspecified atom stereocenters. The van der Waals surface area contributed by atoms with Crippen LogP contribution in [0.25, 0.3) is 0 Å². The second-order valence-electron chi connectivity index (χ2n) is 5.21. The number of hydrogen-bond acceptors (Lipinski definition) is 6. The number of hydrogen-bond donors (Lipinski definition) is 2. The second kappa shape index (κ2) is 13.6. The summed E-state index contributed by atoms with van der Waals surface area (Å²) in [5.74, 6) is 1.40. The minimum atomic E-state index is -0.274. The van der Waals surface area contributed by atoms with Crippen molar-refractivity contribution in [3.05, 3.63) is 63.2 Å². The van der Waals surface area contributed by atoms with E-state index in [9.17, 15) is 9.59 Å². The normalized spacial score (nSPS) is 20.0. The molecule has 25 heavy (non-hydrogen) atoms. The zero-order valence-corrected chi connectivity index (χ0v) is 15.4. The first-order valence-corrected chi connectivity index (χ1v) is 7.56. The Morgan fingerprint density at radius 3 is 1.32 bits per heavy atom. The molecule has 136 valence electrons. The van der Waals surface area contributed by atoms with Crippen molar-refractivity contribution >= 4 is 11.9 Å². The second-order valence-corrected chi connectivity index (χ2v) is 5.21. The summed E-state index contributed by atoms with van der Waals surface area (Å²) < 4.78 is 9.00. The van der Waals surface area contributed by atoms with Crippen molar-refractivity contribution in [3.8, 4) is 0 Å². The van der Waals surface area contributed by atoms with Crippen LogP contribution >= 0.6 is 0 Å². The molecular formula is C18H24FeN2O4+2. The average Bonchev–Trinajstić information content (AvgIpc) is 3.28. The summed E-state index contributed by atoms with van der Waals surface area (Å²) in [5.41, 5.74) is 11.4. The van der Waals surface area contributed by atoms with Crippen molar-refractivity contribution in [1.29, 1.82) is 0 Å². The number of carbonyl (C=O) groups excluding carboxylic acids is 2. The summed E-state index contributed by atoms with van der Waals surface area (Å²) in [6.45, 7) is 0. The van der Waals surface area contributed by atoms with Crippen molar-refractivity contribution in [2.24, 2.45) is 11.5 Å². The fourth-order valence-electron chi connectivity index (χ4n) is 2.03. The summed E-state index contributed by atoms with van der Waals surface area (Å²) in [6.07, 6.45) is 15.6. The van der Waals surface area contributed by atoms with Crippen molar-refractivity contribution in [2.75, 3.05) is 14.2 Å². The Labute approximate surface area is 162 Å². The monoisotopic (exact) mass is 388 g/mol. The minimum absolute atomic E-state index is 0. The predicted octanol–water partition coefficient (Wildman–Crippen LogP) is 0.562. The Morgan fingerprint density at radius 2 is 1.08 bits per heavy atom. The molecule has 2 aliphatic carbocycles. The van der Waals surface area contributed by atoms with Crippen molar-refractivity contribution in [2.45, 2.75) is 24.9 Å². The molecule has 2 atom stereocenters. The summed E-state index contributed by atoms with van der Waals surface area (Å²) in [6, 6.07) is -0.486.